The van der Waals surface area contributed by atoms with Crippen molar-refractivity contribution in [2.75, 3.05) is 6.54 Å². The topological polar surface area (TPSA) is 29.9 Å². The lowest BCUT2D eigenvalue weighted by molar-refractivity contribution is 0.339. The predicted molar refractivity (Wildman–Crippen MR) is 80.6 cm³/mol. The largest absolute Gasteiger partial charge is 0.313 e. The molecule has 2 unspecified atom stereocenters. The quantitative estimate of drug-likeness (QED) is 0.832. The number of aromatic nitrogens is 2. The molecule has 0 bridgehead atoms. The number of hydrogen-bond acceptors (Lipinski definition) is 2. The van der Waals surface area contributed by atoms with Gasteiger partial charge in [0, 0.05) is 18.7 Å². The van der Waals surface area contributed by atoms with Crippen molar-refractivity contribution in [1.82, 2.24) is 15.1 Å². The zero-order valence-corrected chi connectivity index (χ0v) is 13.3. The van der Waals surface area contributed by atoms with Crippen LogP contribution in [0.25, 0.3) is 0 Å². The van der Waals surface area contributed by atoms with Crippen molar-refractivity contribution in [3.05, 3.63) is 16.4 Å². The lowest BCUT2D eigenvalue weighted by Crippen LogP contribution is -2.38. The van der Waals surface area contributed by atoms with Crippen LogP contribution in [0, 0.1) is 18.8 Å². The molecule has 0 radical (unpaired) electrons. The monoisotopic (exact) mass is 283 g/mol. The molecule has 0 saturated heterocycles. The molecule has 1 saturated carbocycles. The third-order valence-corrected chi connectivity index (χ3v) is 4.82. The van der Waals surface area contributed by atoms with Crippen LogP contribution < -0.4 is 5.32 Å². The molecule has 1 N–H and O–H groups in total. The summed E-state index contributed by atoms with van der Waals surface area (Å²) in [6.45, 7) is 7.73. The fourth-order valence-corrected chi connectivity index (χ4v) is 3.10. The minimum atomic E-state index is 0.521. The van der Waals surface area contributed by atoms with E-state index in [0.717, 1.165) is 35.6 Å². The number of hydrogen-bond donors (Lipinski definition) is 1. The number of halogens is 1. The maximum absolute atomic E-state index is 6.36. The molecule has 1 fully saturated rings. The SMILES string of the molecule is CCCNC(Cc1c(C)nn(C)c1Cl)C(C)C1CC1. The second kappa shape index (κ2) is 6.27. The highest BCUT2D eigenvalue weighted by Crippen LogP contribution is 2.39. The van der Waals surface area contributed by atoms with Gasteiger partial charge in [-0.25, -0.2) is 0 Å². The third kappa shape index (κ3) is 3.51. The number of rotatable bonds is 7. The molecule has 3 nitrogen and oxygen atoms in total. The van der Waals surface area contributed by atoms with Gasteiger partial charge in [-0.3, -0.25) is 4.68 Å². The lowest BCUT2D eigenvalue weighted by Gasteiger charge is -2.25. The van der Waals surface area contributed by atoms with E-state index in [1.807, 2.05) is 7.05 Å². The Kier molecular flexibility index (Phi) is 4.91. The molecule has 0 amide bonds. The van der Waals surface area contributed by atoms with Crippen LogP contribution in [0.15, 0.2) is 0 Å². The summed E-state index contributed by atoms with van der Waals surface area (Å²) in [5, 5.41) is 8.92. The Hall–Kier alpha value is -0.540. The van der Waals surface area contributed by atoms with E-state index in [1.165, 1.54) is 24.8 Å². The molecule has 1 aromatic heterocycles. The molecule has 2 rings (SSSR count). The Bertz CT molecular complexity index is 423. The van der Waals surface area contributed by atoms with E-state index >= 15 is 0 Å². The maximum Gasteiger partial charge on any atom is 0.130 e. The van der Waals surface area contributed by atoms with Crippen LogP contribution in [-0.2, 0) is 13.5 Å². The van der Waals surface area contributed by atoms with Crippen LogP contribution in [0.5, 0.6) is 0 Å². The Labute approximate surface area is 121 Å². The highest BCUT2D eigenvalue weighted by molar-refractivity contribution is 6.30. The summed E-state index contributed by atoms with van der Waals surface area (Å²) in [6, 6.07) is 0.521. The molecule has 108 valence electrons. The Morgan fingerprint density at radius 3 is 2.63 bits per heavy atom. The van der Waals surface area contributed by atoms with Crippen molar-refractivity contribution in [2.45, 2.75) is 52.5 Å². The minimum absolute atomic E-state index is 0.521. The summed E-state index contributed by atoms with van der Waals surface area (Å²) in [5.41, 5.74) is 2.28. The molecular formula is C15H26ClN3. The molecule has 0 aliphatic heterocycles. The first-order valence-corrected chi connectivity index (χ1v) is 7.83. The van der Waals surface area contributed by atoms with Gasteiger partial charge in [0.15, 0.2) is 0 Å². The predicted octanol–water partition coefficient (Wildman–Crippen LogP) is 3.34. The van der Waals surface area contributed by atoms with Gasteiger partial charge >= 0.3 is 0 Å². The lowest BCUT2D eigenvalue weighted by atomic mass is 9.91. The molecule has 1 aliphatic rings. The van der Waals surface area contributed by atoms with E-state index in [1.54, 1.807) is 4.68 Å². The van der Waals surface area contributed by atoms with Crippen LogP contribution in [0.1, 0.15) is 44.4 Å². The van der Waals surface area contributed by atoms with Crippen molar-refractivity contribution >= 4 is 11.6 Å². The second-order valence-corrected chi connectivity index (χ2v) is 6.30. The fraction of sp³-hybridized carbons (Fsp3) is 0.800. The second-order valence-electron chi connectivity index (χ2n) is 5.94. The summed E-state index contributed by atoms with van der Waals surface area (Å²) >= 11 is 6.36. The van der Waals surface area contributed by atoms with Crippen LogP contribution in [0.4, 0.5) is 0 Å². The van der Waals surface area contributed by atoms with Crippen LogP contribution in [-0.4, -0.2) is 22.4 Å². The van der Waals surface area contributed by atoms with Crippen LogP contribution in [0.3, 0.4) is 0 Å². The van der Waals surface area contributed by atoms with E-state index in [4.69, 9.17) is 11.6 Å². The average molecular weight is 284 g/mol. The van der Waals surface area contributed by atoms with E-state index in [-0.39, 0.29) is 0 Å². The first kappa shape index (κ1) is 14.9. The van der Waals surface area contributed by atoms with Gasteiger partial charge in [0.25, 0.3) is 0 Å². The van der Waals surface area contributed by atoms with Gasteiger partial charge < -0.3 is 5.32 Å². The van der Waals surface area contributed by atoms with Gasteiger partial charge in [0.05, 0.1) is 5.69 Å². The fourth-order valence-electron chi connectivity index (χ4n) is 2.85. The molecule has 1 aromatic rings. The first-order valence-electron chi connectivity index (χ1n) is 7.46. The third-order valence-electron chi connectivity index (χ3n) is 4.35. The molecule has 0 aromatic carbocycles. The molecule has 2 atom stereocenters. The minimum Gasteiger partial charge on any atom is -0.313 e. The molecule has 4 heteroatoms. The first-order chi connectivity index (χ1) is 9.04. The van der Waals surface area contributed by atoms with Crippen molar-refractivity contribution in [3.63, 3.8) is 0 Å². The van der Waals surface area contributed by atoms with Crippen molar-refractivity contribution in [2.24, 2.45) is 18.9 Å². The smallest absolute Gasteiger partial charge is 0.130 e. The van der Waals surface area contributed by atoms with E-state index < -0.39 is 0 Å². The molecule has 19 heavy (non-hydrogen) atoms. The Balaban J connectivity index is 2.09. The van der Waals surface area contributed by atoms with E-state index in [2.05, 4.69) is 31.2 Å². The molecule has 0 spiro atoms. The Morgan fingerprint density at radius 2 is 2.16 bits per heavy atom. The van der Waals surface area contributed by atoms with Crippen LogP contribution in [0.2, 0.25) is 5.15 Å². The number of nitrogens with zero attached hydrogens (tertiary/aromatic N) is 2. The standard InChI is InChI=1S/C15H26ClN3/c1-5-8-17-14(10(2)12-6-7-12)9-13-11(3)18-19(4)15(13)16/h10,12,14,17H,5-9H2,1-4H3. The van der Waals surface area contributed by atoms with Gasteiger partial charge in [-0.05, 0) is 51.0 Å². The van der Waals surface area contributed by atoms with Crippen molar-refractivity contribution in [3.8, 4) is 0 Å². The van der Waals surface area contributed by atoms with Crippen molar-refractivity contribution < 1.29 is 0 Å². The van der Waals surface area contributed by atoms with E-state index in [0.29, 0.717) is 6.04 Å². The van der Waals surface area contributed by atoms with E-state index in [9.17, 15) is 0 Å². The summed E-state index contributed by atoms with van der Waals surface area (Å²) in [5.74, 6) is 1.63. The summed E-state index contributed by atoms with van der Waals surface area (Å²) < 4.78 is 1.78. The van der Waals surface area contributed by atoms with Crippen molar-refractivity contribution in [1.29, 1.82) is 0 Å². The summed E-state index contributed by atoms with van der Waals surface area (Å²) in [4.78, 5) is 0. The highest BCUT2D eigenvalue weighted by Gasteiger charge is 2.33. The van der Waals surface area contributed by atoms with Gasteiger partial charge in [0.1, 0.15) is 5.15 Å². The molecular weight excluding hydrogens is 258 g/mol. The summed E-state index contributed by atoms with van der Waals surface area (Å²) in [6.07, 6.45) is 4.96. The zero-order chi connectivity index (χ0) is 14.0. The van der Waals surface area contributed by atoms with Gasteiger partial charge in [-0.15, -0.1) is 0 Å². The molecule has 1 heterocycles. The number of aryl methyl sites for hydroxylation is 2. The maximum atomic E-state index is 6.36. The zero-order valence-electron chi connectivity index (χ0n) is 12.5. The molecule has 1 aliphatic carbocycles. The number of nitrogens with one attached hydrogen (secondary N) is 1. The van der Waals surface area contributed by atoms with Gasteiger partial charge in [0.2, 0.25) is 0 Å². The average Bonchev–Trinajstić information content (AvgIpc) is 3.18. The Morgan fingerprint density at radius 1 is 1.47 bits per heavy atom. The van der Waals surface area contributed by atoms with Gasteiger partial charge in [-0.1, -0.05) is 25.4 Å². The normalized spacial score (nSPS) is 18.6. The highest BCUT2D eigenvalue weighted by atomic mass is 35.5. The van der Waals surface area contributed by atoms with Crippen LogP contribution >= 0.6 is 11.6 Å². The van der Waals surface area contributed by atoms with Gasteiger partial charge in [-0.2, -0.15) is 5.10 Å². The summed E-state index contributed by atoms with van der Waals surface area (Å²) in [7, 11) is 1.91.